The fourth-order valence-corrected chi connectivity index (χ4v) is 4.58. The summed E-state index contributed by atoms with van der Waals surface area (Å²) in [5, 5.41) is 8.04. The van der Waals surface area contributed by atoms with E-state index in [9.17, 15) is 9.59 Å². The van der Waals surface area contributed by atoms with Crippen molar-refractivity contribution in [2.45, 2.75) is 32.9 Å². The molecule has 2 amide bonds. The van der Waals surface area contributed by atoms with Crippen LogP contribution >= 0.6 is 11.3 Å². The number of hydrogen-bond acceptors (Lipinski definition) is 6. The van der Waals surface area contributed by atoms with E-state index in [1.165, 1.54) is 4.88 Å². The summed E-state index contributed by atoms with van der Waals surface area (Å²) in [4.78, 5) is 29.4. The number of nitrogens with one attached hydrogen (secondary N) is 2. The first-order valence-electron chi connectivity index (χ1n) is 11.2. The van der Waals surface area contributed by atoms with Gasteiger partial charge in [-0.15, -0.1) is 11.3 Å². The minimum absolute atomic E-state index is 0.0507. The molecule has 2 heterocycles. The van der Waals surface area contributed by atoms with Crippen LogP contribution in [-0.2, 0) is 9.53 Å². The van der Waals surface area contributed by atoms with Gasteiger partial charge in [-0.3, -0.25) is 14.5 Å². The number of rotatable bonds is 10. The summed E-state index contributed by atoms with van der Waals surface area (Å²) < 4.78 is 10.9. The molecule has 2 N–H and O–H groups in total. The molecule has 3 rings (SSSR count). The number of amides is 2. The minimum atomic E-state index is -0.622. The Morgan fingerprint density at radius 3 is 2.47 bits per heavy atom. The maximum atomic E-state index is 13.1. The minimum Gasteiger partial charge on any atom is -0.494 e. The summed E-state index contributed by atoms with van der Waals surface area (Å²) in [5.41, 5.74) is 0.497. The Morgan fingerprint density at radius 1 is 1.16 bits per heavy atom. The molecule has 1 aromatic carbocycles. The molecule has 0 radical (unpaired) electrons. The molecule has 0 saturated carbocycles. The molecule has 2 atom stereocenters. The third kappa shape index (κ3) is 6.54. The maximum absolute atomic E-state index is 13.1. The summed E-state index contributed by atoms with van der Waals surface area (Å²) in [7, 11) is 0. The van der Waals surface area contributed by atoms with Crippen LogP contribution in [0.3, 0.4) is 0 Å². The van der Waals surface area contributed by atoms with Gasteiger partial charge in [0.25, 0.3) is 5.91 Å². The highest BCUT2D eigenvalue weighted by Crippen LogP contribution is 2.25. The highest BCUT2D eigenvalue weighted by atomic mass is 32.1. The number of morpholine rings is 1. The average molecular weight is 460 g/mol. The molecule has 0 bridgehead atoms. The Bertz CT molecular complexity index is 849. The molecule has 8 heteroatoms. The summed E-state index contributed by atoms with van der Waals surface area (Å²) in [6.45, 7) is 9.89. The van der Waals surface area contributed by atoms with E-state index in [4.69, 9.17) is 9.47 Å². The van der Waals surface area contributed by atoms with Crippen molar-refractivity contribution in [2.75, 3.05) is 39.5 Å². The van der Waals surface area contributed by atoms with Crippen LogP contribution in [0.5, 0.6) is 5.75 Å². The maximum Gasteiger partial charge on any atom is 0.251 e. The first-order chi connectivity index (χ1) is 15.5. The van der Waals surface area contributed by atoms with Crippen molar-refractivity contribution < 1.29 is 19.1 Å². The lowest BCUT2D eigenvalue weighted by Gasteiger charge is -2.34. The lowest BCUT2D eigenvalue weighted by Crippen LogP contribution is -2.51. The lowest BCUT2D eigenvalue weighted by molar-refractivity contribution is -0.124. The average Bonchev–Trinajstić information content (AvgIpc) is 3.33. The second-order valence-corrected chi connectivity index (χ2v) is 9.06. The van der Waals surface area contributed by atoms with Gasteiger partial charge in [0.1, 0.15) is 11.8 Å². The third-order valence-electron chi connectivity index (χ3n) is 5.49. The van der Waals surface area contributed by atoms with Crippen LogP contribution < -0.4 is 15.4 Å². The highest BCUT2D eigenvalue weighted by molar-refractivity contribution is 7.10. The van der Waals surface area contributed by atoms with Crippen LogP contribution in [0, 0.1) is 5.92 Å². The van der Waals surface area contributed by atoms with Gasteiger partial charge in [0, 0.05) is 30.1 Å². The van der Waals surface area contributed by atoms with Gasteiger partial charge >= 0.3 is 0 Å². The van der Waals surface area contributed by atoms with Crippen molar-refractivity contribution >= 4 is 23.2 Å². The first kappa shape index (κ1) is 24.2. The molecule has 7 nitrogen and oxygen atoms in total. The van der Waals surface area contributed by atoms with E-state index in [0.717, 1.165) is 13.1 Å². The topological polar surface area (TPSA) is 79.9 Å². The molecule has 1 aliphatic heterocycles. The normalized spacial score (nSPS) is 16.4. The highest BCUT2D eigenvalue weighted by Gasteiger charge is 2.28. The predicted octanol–water partition coefficient (Wildman–Crippen LogP) is 3.09. The van der Waals surface area contributed by atoms with E-state index < -0.39 is 6.04 Å². The summed E-state index contributed by atoms with van der Waals surface area (Å²) in [6.07, 6.45) is 0. The van der Waals surface area contributed by atoms with Crippen LogP contribution in [0.15, 0.2) is 41.8 Å². The molecule has 0 aliphatic carbocycles. The van der Waals surface area contributed by atoms with Crippen molar-refractivity contribution in [3.05, 3.63) is 52.2 Å². The second kappa shape index (κ2) is 12.0. The monoisotopic (exact) mass is 459 g/mol. The number of thiophene rings is 1. The second-order valence-electron chi connectivity index (χ2n) is 8.08. The van der Waals surface area contributed by atoms with E-state index in [1.54, 1.807) is 35.6 Å². The Labute approximate surface area is 194 Å². The Kier molecular flexibility index (Phi) is 9.08. The number of ether oxygens (including phenoxy) is 2. The molecule has 1 saturated heterocycles. The molecule has 1 aromatic heterocycles. The van der Waals surface area contributed by atoms with Gasteiger partial charge < -0.3 is 20.1 Å². The van der Waals surface area contributed by atoms with E-state index in [-0.39, 0.29) is 23.8 Å². The van der Waals surface area contributed by atoms with Crippen molar-refractivity contribution in [1.29, 1.82) is 0 Å². The number of carbonyl (C=O) groups excluding carboxylic acids is 2. The van der Waals surface area contributed by atoms with Gasteiger partial charge in [-0.05, 0) is 48.6 Å². The number of benzene rings is 1. The standard InChI is InChI=1S/C24H33N3O4S/c1-4-31-19-9-7-18(8-10-19)23(28)26-22(17(2)3)24(29)25-16-20(21-6-5-15-32-21)27-11-13-30-14-12-27/h5-10,15,17,20,22H,4,11-14,16H2,1-3H3,(H,25,29)(H,26,28). The van der Waals surface area contributed by atoms with Crippen LogP contribution in [0.1, 0.15) is 42.0 Å². The van der Waals surface area contributed by atoms with Crippen LogP contribution in [0.25, 0.3) is 0 Å². The Morgan fingerprint density at radius 2 is 1.88 bits per heavy atom. The van der Waals surface area contributed by atoms with Crippen LogP contribution in [-0.4, -0.2) is 62.2 Å². The number of hydrogen-bond donors (Lipinski definition) is 2. The van der Waals surface area contributed by atoms with Gasteiger partial charge in [0.05, 0.1) is 25.9 Å². The van der Waals surface area contributed by atoms with Gasteiger partial charge in [0.2, 0.25) is 5.91 Å². The SMILES string of the molecule is CCOc1ccc(C(=O)NC(C(=O)NCC(c2cccs2)N2CCOCC2)C(C)C)cc1. The lowest BCUT2D eigenvalue weighted by atomic mass is 10.0. The molecule has 2 unspecified atom stereocenters. The molecule has 174 valence electrons. The summed E-state index contributed by atoms with van der Waals surface area (Å²) in [6, 6.07) is 10.5. The zero-order valence-electron chi connectivity index (χ0n) is 19.0. The van der Waals surface area contributed by atoms with Crippen LogP contribution in [0.4, 0.5) is 0 Å². The van der Waals surface area contributed by atoms with E-state index >= 15 is 0 Å². The number of nitrogens with zero attached hydrogens (tertiary/aromatic N) is 1. The molecular weight excluding hydrogens is 426 g/mol. The van der Waals surface area contributed by atoms with Crippen LogP contribution in [0.2, 0.25) is 0 Å². The number of carbonyl (C=O) groups is 2. The van der Waals surface area contributed by atoms with Gasteiger partial charge in [-0.1, -0.05) is 19.9 Å². The van der Waals surface area contributed by atoms with E-state index in [0.29, 0.717) is 37.7 Å². The van der Waals surface area contributed by atoms with E-state index in [1.807, 2.05) is 26.8 Å². The summed E-state index contributed by atoms with van der Waals surface area (Å²) in [5.74, 6) is 0.217. The molecule has 32 heavy (non-hydrogen) atoms. The fourth-order valence-electron chi connectivity index (χ4n) is 3.72. The Hall–Kier alpha value is -2.42. The first-order valence-corrected chi connectivity index (χ1v) is 12.0. The fraction of sp³-hybridized carbons (Fsp3) is 0.500. The molecule has 0 spiro atoms. The summed E-state index contributed by atoms with van der Waals surface area (Å²) >= 11 is 1.69. The molecular formula is C24H33N3O4S. The Balaban J connectivity index is 1.62. The third-order valence-corrected chi connectivity index (χ3v) is 6.46. The predicted molar refractivity (Wildman–Crippen MR) is 126 cm³/mol. The van der Waals surface area contributed by atoms with Gasteiger partial charge in [-0.25, -0.2) is 0 Å². The van der Waals surface area contributed by atoms with Crippen molar-refractivity contribution in [3.8, 4) is 5.75 Å². The largest absolute Gasteiger partial charge is 0.494 e. The van der Waals surface area contributed by atoms with Crippen molar-refractivity contribution in [1.82, 2.24) is 15.5 Å². The van der Waals surface area contributed by atoms with E-state index in [2.05, 4.69) is 27.0 Å². The van der Waals surface area contributed by atoms with Crippen molar-refractivity contribution in [2.24, 2.45) is 5.92 Å². The molecule has 1 fully saturated rings. The molecule has 1 aliphatic rings. The van der Waals surface area contributed by atoms with Gasteiger partial charge in [0.15, 0.2) is 0 Å². The zero-order chi connectivity index (χ0) is 22.9. The van der Waals surface area contributed by atoms with Gasteiger partial charge in [-0.2, -0.15) is 0 Å². The zero-order valence-corrected chi connectivity index (χ0v) is 19.8. The molecule has 2 aromatic rings. The van der Waals surface area contributed by atoms with Crippen molar-refractivity contribution in [3.63, 3.8) is 0 Å². The smallest absolute Gasteiger partial charge is 0.251 e. The quantitative estimate of drug-likeness (QED) is 0.571.